The van der Waals surface area contributed by atoms with E-state index in [4.69, 9.17) is 14.2 Å². The van der Waals surface area contributed by atoms with E-state index in [1.165, 1.54) is 0 Å². The monoisotopic (exact) mass is 314 g/mol. The van der Waals surface area contributed by atoms with Crippen molar-refractivity contribution in [1.82, 2.24) is 9.80 Å². The second kappa shape index (κ2) is 6.80. The number of nitrogens with zero attached hydrogens (tertiary/aromatic N) is 2. The van der Waals surface area contributed by atoms with E-state index in [1.54, 1.807) is 0 Å². The quantitative estimate of drug-likeness (QED) is 0.724. The van der Waals surface area contributed by atoms with Crippen LogP contribution >= 0.6 is 0 Å². The van der Waals surface area contributed by atoms with Gasteiger partial charge in [0.2, 0.25) is 5.91 Å². The fourth-order valence-electron chi connectivity index (χ4n) is 3.49. The number of ether oxygens (including phenoxy) is 3. The van der Waals surface area contributed by atoms with Crippen molar-refractivity contribution in [3.63, 3.8) is 0 Å². The number of likely N-dealkylation sites (N-methyl/N-ethyl adjacent to an activating group) is 1. The molecule has 3 aliphatic rings. The number of rotatable bonds is 4. The zero-order valence-corrected chi connectivity index (χ0v) is 13.3. The zero-order chi connectivity index (χ0) is 15.7. The lowest BCUT2D eigenvalue weighted by atomic mass is 10.1. The molecule has 0 aromatic carbocycles. The molecule has 0 spiro atoms. The molecule has 126 valence electrons. The Morgan fingerprint density at radius 2 is 2.00 bits per heavy atom. The average molecular weight is 314 g/mol. The van der Waals surface area contributed by atoms with Crippen molar-refractivity contribution in [2.75, 3.05) is 46.9 Å². The third kappa shape index (κ3) is 3.44. The van der Waals surface area contributed by atoms with Gasteiger partial charge in [-0.2, -0.15) is 0 Å². The molecule has 0 aromatic heterocycles. The summed E-state index contributed by atoms with van der Waals surface area (Å²) in [6.07, 6.45) is -0.324. The highest BCUT2D eigenvalue weighted by Gasteiger charge is 2.50. The van der Waals surface area contributed by atoms with Gasteiger partial charge in [0.1, 0.15) is 12.2 Å². The predicted molar refractivity (Wildman–Crippen MR) is 78.5 cm³/mol. The number of morpholine rings is 1. The highest BCUT2D eigenvalue weighted by Crippen LogP contribution is 2.35. The van der Waals surface area contributed by atoms with Gasteiger partial charge in [-0.25, -0.2) is 0 Å². The van der Waals surface area contributed by atoms with E-state index < -0.39 is 6.10 Å². The van der Waals surface area contributed by atoms with Gasteiger partial charge >= 0.3 is 0 Å². The molecule has 3 heterocycles. The summed E-state index contributed by atoms with van der Waals surface area (Å²) in [4.78, 5) is 16.1. The van der Waals surface area contributed by atoms with E-state index in [1.807, 2.05) is 23.9 Å². The molecule has 5 atom stereocenters. The maximum Gasteiger partial charge on any atom is 0.225 e. The summed E-state index contributed by atoms with van der Waals surface area (Å²) in [5.74, 6) is 0.104. The first-order valence-corrected chi connectivity index (χ1v) is 8.04. The summed E-state index contributed by atoms with van der Waals surface area (Å²) < 4.78 is 17.1. The fourth-order valence-corrected chi connectivity index (χ4v) is 3.49. The Morgan fingerprint density at radius 1 is 1.27 bits per heavy atom. The molecular formula is C15H26N2O5. The number of fused-ring (bicyclic) bond motifs is 1. The van der Waals surface area contributed by atoms with Gasteiger partial charge in [0.05, 0.1) is 37.9 Å². The first kappa shape index (κ1) is 16.1. The molecule has 0 aliphatic carbocycles. The Bertz CT molecular complexity index is 399. The van der Waals surface area contributed by atoms with Gasteiger partial charge in [0, 0.05) is 26.1 Å². The van der Waals surface area contributed by atoms with Crippen LogP contribution in [0.3, 0.4) is 0 Å². The molecule has 7 heteroatoms. The molecule has 0 radical (unpaired) electrons. The van der Waals surface area contributed by atoms with Gasteiger partial charge in [0.15, 0.2) is 0 Å². The van der Waals surface area contributed by atoms with Gasteiger partial charge in [-0.3, -0.25) is 4.79 Å². The molecule has 7 nitrogen and oxygen atoms in total. The standard InChI is InChI=1S/C15H26N2O5/c1-16(2)9-12-14(19)15-11(22-12)7-10(21-15)8-13(18)17-3-5-20-6-4-17/h10-12,14-15,19H,3-9H2,1-2H3/t10-,11+,12+,14+,15-/m0/s1. The molecule has 1 N–H and O–H groups in total. The summed E-state index contributed by atoms with van der Waals surface area (Å²) in [7, 11) is 3.91. The highest BCUT2D eigenvalue weighted by molar-refractivity contribution is 5.76. The second-order valence-corrected chi connectivity index (χ2v) is 6.62. The van der Waals surface area contributed by atoms with E-state index in [-0.39, 0.29) is 30.3 Å². The smallest absolute Gasteiger partial charge is 0.225 e. The van der Waals surface area contributed by atoms with Crippen LogP contribution in [0.5, 0.6) is 0 Å². The lowest BCUT2D eigenvalue weighted by molar-refractivity contribution is -0.138. The SMILES string of the molecule is CN(C)C[C@H]1O[C@@H]2C[C@@H](CC(=O)N3CCOCC3)O[C@@H]2[C@@H]1O. The average Bonchev–Trinajstić information content (AvgIpc) is 2.99. The number of hydrogen-bond donors (Lipinski definition) is 1. The maximum absolute atomic E-state index is 12.2. The molecular weight excluding hydrogens is 288 g/mol. The summed E-state index contributed by atoms with van der Waals surface area (Å²) in [5.41, 5.74) is 0. The number of aliphatic hydroxyl groups is 1. The highest BCUT2D eigenvalue weighted by atomic mass is 16.6. The van der Waals surface area contributed by atoms with Crippen LogP contribution in [0.4, 0.5) is 0 Å². The van der Waals surface area contributed by atoms with Crippen molar-refractivity contribution < 1.29 is 24.1 Å². The molecule has 22 heavy (non-hydrogen) atoms. The minimum Gasteiger partial charge on any atom is -0.388 e. The van der Waals surface area contributed by atoms with Gasteiger partial charge in [-0.15, -0.1) is 0 Å². The van der Waals surface area contributed by atoms with Crippen molar-refractivity contribution >= 4 is 5.91 Å². The topological polar surface area (TPSA) is 71.5 Å². The van der Waals surface area contributed by atoms with E-state index in [2.05, 4.69) is 0 Å². The Morgan fingerprint density at radius 3 is 2.64 bits per heavy atom. The molecule has 3 aliphatic heterocycles. The van der Waals surface area contributed by atoms with Crippen molar-refractivity contribution in [1.29, 1.82) is 0 Å². The second-order valence-electron chi connectivity index (χ2n) is 6.62. The normalized spacial score (nSPS) is 38.5. The Hall–Kier alpha value is -0.730. The first-order chi connectivity index (χ1) is 10.5. The van der Waals surface area contributed by atoms with E-state index in [0.717, 1.165) is 0 Å². The number of amides is 1. The van der Waals surface area contributed by atoms with E-state index in [9.17, 15) is 9.90 Å². The number of carbonyl (C=O) groups is 1. The van der Waals surface area contributed by atoms with Crippen LogP contribution in [0, 0.1) is 0 Å². The third-order valence-corrected chi connectivity index (χ3v) is 4.59. The number of aliphatic hydroxyl groups excluding tert-OH is 1. The molecule has 0 aromatic rings. The van der Waals surface area contributed by atoms with Crippen molar-refractivity contribution in [2.45, 2.75) is 43.4 Å². The van der Waals surface area contributed by atoms with Crippen LogP contribution in [0.1, 0.15) is 12.8 Å². The van der Waals surface area contributed by atoms with Gasteiger partial charge < -0.3 is 29.1 Å². The minimum absolute atomic E-state index is 0.0950. The Labute approximate surface area is 131 Å². The molecule has 0 bridgehead atoms. The first-order valence-electron chi connectivity index (χ1n) is 8.04. The summed E-state index contributed by atoms with van der Waals surface area (Å²) >= 11 is 0. The summed E-state index contributed by atoms with van der Waals surface area (Å²) in [6, 6.07) is 0. The fraction of sp³-hybridized carbons (Fsp3) is 0.933. The van der Waals surface area contributed by atoms with Crippen molar-refractivity contribution in [2.24, 2.45) is 0 Å². The number of carbonyl (C=O) groups excluding carboxylic acids is 1. The van der Waals surface area contributed by atoms with Crippen LogP contribution in [0.2, 0.25) is 0 Å². The Kier molecular flexibility index (Phi) is 4.99. The van der Waals surface area contributed by atoms with Crippen LogP contribution in [-0.4, -0.2) is 98.3 Å². The van der Waals surface area contributed by atoms with Crippen LogP contribution in [-0.2, 0) is 19.0 Å². The van der Waals surface area contributed by atoms with Crippen molar-refractivity contribution in [3.8, 4) is 0 Å². The van der Waals surface area contributed by atoms with Crippen LogP contribution < -0.4 is 0 Å². The van der Waals surface area contributed by atoms with Crippen molar-refractivity contribution in [3.05, 3.63) is 0 Å². The van der Waals surface area contributed by atoms with E-state index in [0.29, 0.717) is 45.7 Å². The molecule has 1 amide bonds. The lowest BCUT2D eigenvalue weighted by Gasteiger charge is -2.28. The maximum atomic E-state index is 12.2. The van der Waals surface area contributed by atoms with E-state index >= 15 is 0 Å². The molecule has 0 unspecified atom stereocenters. The zero-order valence-electron chi connectivity index (χ0n) is 13.3. The Balaban J connectivity index is 1.49. The molecule has 3 rings (SSSR count). The molecule has 3 saturated heterocycles. The van der Waals surface area contributed by atoms with Gasteiger partial charge in [-0.1, -0.05) is 0 Å². The molecule has 3 fully saturated rings. The third-order valence-electron chi connectivity index (χ3n) is 4.59. The van der Waals surface area contributed by atoms with Crippen LogP contribution in [0.15, 0.2) is 0 Å². The minimum atomic E-state index is -0.615. The van der Waals surface area contributed by atoms with Crippen LogP contribution in [0.25, 0.3) is 0 Å². The summed E-state index contributed by atoms with van der Waals surface area (Å²) in [6.45, 7) is 3.20. The van der Waals surface area contributed by atoms with Gasteiger partial charge in [0.25, 0.3) is 0 Å². The van der Waals surface area contributed by atoms with Gasteiger partial charge in [-0.05, 0) is 14.1 Å². The molecule has 0 saturated carbocycles. The number of hydrogen-bond acceptors (Lipinski definition) is 6. The lowest BCUT2D eigenvalue weighted by Crippen LogP contribution is -2.42. The summed E-state index contributed by atoms with van der Waals surface area (Å²) in [5, 5.41) is 10.3. The largest absolute Gasteiger partial charge is 0.388 e. The predicted octanol–water partition coefficient (Wildman–Crippen LogP) is -0.917.